The number of aliphatic imine (C=N–C) groups is 1. The van der Waals surface area contributed by atoms with Gasteiger partial charge in [-0.25, -0.2) is 5.21 Å². The zero-order valence-corrected chi connectivity index (χ0v) is 8.06. The van der Waals surface area contributed by atoms with Gasteiger partial charge >= 0.3 is 5.03 Å². The van der Waals surface area contributed by atoms with E-state index in [-0.39, 0.29) is 11.0 Å². The molecule has 14 heavy (non-hydrogen) atoms. The second-order valence-corrected chi connectivity index (χ2v) is 3.07. The van der Waals surface area contributed by atoms with Gasteiger partial charge in [0, 0.05) is 26.1 Å². The van der Waals surface area contributed by atoms with E-state index >= 15 is 0 Å². The van der Waals surface area contributed by atoms with Crippen molar-refractivity contribution in [3.05, 3.63) is 4.91 Å². The molecule has 0 aromatic carbocycles. The average Bonchev–Trinajstić information content (AvgIpc) is 2.64. The molecule has 1 rings (SSSR count). The summed E-state index contributed by atoms with van der Waals surface area (Å²) in [5, 5.41) is 10.9. The van der Waals surface area contributed by atoms with E-state index in [1.165, 1.54) is 7.05 Å². The summed E-state index contributed by atoms with van der Waals surface area (Å²) >= 11 is 0. The molecule has 7 heteroatoms. The van der Waals surface area contributed by atoms with Gasteiger partial charge in [-0.1, -0.05) is 0 Å². The summed E-state index contributed by atoms with van der Waals surface area (Å²) in [5.74, 6) is 0.682. The van der Waals surface area contributed by atoms with E-state index in [1.54, 1.807) is 0 Å². The first-order chi connectivity index (χ1) is 6.72. The third-order valence-corrected chi connectivity index (χ3v) is 2.01. The summed E-state index contributed by atoms with van der Waals surface area (Å²) in [6.45, 7) is 2.18. The Labute approximate surface area is 81.7 Å². The van der Waals surface area contributed by atoms with Gasteiger partial charge in [0.1, 0.15) is 4.91 Å². The van der Waals surface area contributed by atoms with Crippen LogP contribution >= 0.6 is 0 Å². The Kier molecular flexibility index (Phi) is 4.11. The molecule has 1 fully saturated rings. The van der Waals surface area contributed by atoms with Gasteiger partial charge in [0.25, 0.3) is 5.96 Å². The highest BCUT2D eigenvalue weighted by Crippen LogP contribution is 2.10. The van der Waals surface area contributed by atoms with Crippen molar-refractivity contribution in [3.8, 4) is 0 Å². The highest BCUT2D eigenvalue weighted by Gasteiger charge is 2.17. The minimum absolute atomic E-state index is 0.245. The molecule has 0 bridgehead atoms. The van der Waals surface area contributed by atoms with Gasteiger partial charge in [0.05, 0.1) is 6.61 Å². The van der Waals surface area contributed by atoms with Gasteiger partial charge < -0.3 is 10.1 Å². The summed E-state index contributed by atoms with van der Waals surface area (Å²) in [6, 6.07) is 0. The number of nitrogens with one attached hydrogen (secondary N) is 2. The molecule has 1 saturated heterocycles. The molecule has 1 heterocycles. The fourth-order valence-electron chi connectivity index (χ4n) is 1.24. The molecule has 3 N–H and O–H groups in total. The number of ether oxygens (including phenoxy) is 1. The van der Waals surface area contributed by atoms with Gasteiger partial charge in [-0.05, 0) is 11.8 Å². The molecule has 0 amide bonds. The lowest BCUT2D eigenvalue weighted by Crippen LogP contribution is -2.43. The molecular weight excluding hydrogens is 188 g/mol. The van der Waals surface area contributed by atoms with Crippen molar-refractivity contribution in [1.82, 2.24) is 10.7 Å². The van der Waals surface area contributed by atoms with E-state index in [1.807, 2.05) is 0 Å². The van der Waals surface area contributed by atoms with Crippen LogP contribution < -0.4 is 10.7 Å². The van der Waals surface area contributed by atoms with Crippen molar-refractivity contribution in [2.75, 3.05) is 26.8 Å². The van der Waals surface area contributed by atoms with Crippen LogP contribution in [0.15, 0.2) is 4.99 Å². The minimum atomic E-state index is -0.388. The highest BCUT2D eigenvalue weighted by atomic mass is 16.7. The number of hydrogen-bond donors (Lipinski definition) is 3. The van der Waals surface area contributed by atoms with Crippen molar-refractivity contribution in [1.29, 1.82) is 0 Å². The van der Waals surface area contributed by atoms with Gasteiger partial charge in [-0.2, -0.15) is 0 Å². The average molecular weight is 203 g/mol. The third kappa shape index (κ3) is 3.56. The normalized spacial score (nSPS) is 22.1. The summed E-state index contributed by atoms with van der Waals surface area (Å²) in [5.41, 5.74) is 2.08. The molecule has 0 radical (unpaired) electrons. The van der Waals surface area contributed by atoms with Crippen LogP contribution in [0.2, 0.25) is 0 Å². The van der Waals surface area contributed by atoms with Crippen molar-refractivity contribution in [2.45, 2.75) is 6.42 Å². The van der Waals surface area contributed by atoms with E-state index in [9.17, 15) is 4.91 Å². The maximum atomic E-state index is 10.2. The fourth-order valence-corrected chi connectivity index (χ4v) is 1.24. The quantitative estimate of drug-likeness (QED) is 0.320. The second kappa shape index (κ2) is 5.38. The van der Waals surface area contributed by atoms with Gasteiger partial charge in [-0.15, -0.1) is 0 Å². The summed E-state index contributed by atoms with van der Waals surface area (Å²) in [4.78, 5) is 14.0. The van der Waals surface area contributed by atoms with E-state index in [0.29, 0.717) is 12.5 Å². The smallest absolute Gasteiger partial charge is 0.362 e. The maximum Gasteiger partial charge on any atom is 0.362 e. The zero-order chi connectivity index (χ0) is 10.4. The molecule has 0 saturated carbocycles. The predicted octanol–water partition coefficient (Wildman–Crippen LogP) is -0.729. The topological polar surface area (TPSA) is 86.0 Å². The van der Waals surface area contributed by atoms with Crippen molar-refractivity contribution < 1.29 is 15.0 Å². The summed E-state index contributed by atoms with van der Waals surface area (Å²) in [7, 11) is 1.52. The number of nitrogens with zero attached hydrogens (tertiary/aromatic N) is 2. The number of hydrogen-bond acceptors (Lipinski definition) is 3. The Morgan fingerprint density at radius 2 is 2.57 bits per heavy atom. The molecule has 0 unspecified atom stereocenters. The van der Waals surface area contributed by atoms with Crippen LogP contribution in [-0.2, 0) is 4.74 Å². The summed E-state index contributed by atoms with van der Waals surface area (Å²) in [6.07, 6.45) is 1.00. The Bertz CT molecular complexity index is 225. The largest absolute Gasteiger partial charge is 0.381 e. The van der Waals surface area contributed by atoms with Gasteiger partial charge in [-0.3, -0.25) is 4.99 Å². The number of hydrazine groups is 1. The second-order valence-electron chi connectivity index (χ2n) is 3.07. The van der Waals surface area contributed by atoms with E-state index in [2.05, 4.69) is 15.7 Å². The molecule has 0 aromatic rings. The van der Waals surface area contributed by atoms with Crippen LogP contribution in [0.4, 0.5) is 0 Å². The Morgan fingerprint density at radius 3 is 3.07 bits per heavy atom. The lowest BCUT2D eigenvalue weighted by Gasteiger charge is -2.08. The first-order valence-electron chi connectivity index (χ1n) is 4.43. The number of rotatable bonds is 3. The van der Waals surface area contributed by atoms with Crippen LogP contribution in [0.1, 0.15) is 6.42 Å². The molecule has 1 atom stereocenters. The minimum Gasteiger partial charge on any atom is -0.381 e. The maximum absolute atomic E-state index is 10.2. The Balaban J connectivity index is 2.23. The van der Waals surface area contributed by atoms with Crippen LogP contribution in [0.25, 0.3) is 0 Å². The first-order valence-corrected chi connectivity index (χ1v) is 4.43. The van der Waals surface area contributed by atoms with Crippen LogP contribution in [0, 0.1) is 10.8 Å². The lowest BCUT2D eigenvalue weighted by molar-refractivity contribution is -0.822. The number of guanidine groups is 1. The molecule has 80 valence electrons. The lowest BCUT2D eigenvalue weighted by atomic mass is 10.1. The zero-order valence-electron chi connectivity index (χ0n) is 8.06. The van der Waals surface area contributed by atoms with Crippen LogP contribution in [-0.4, -0.2) is 43.0 Å². The SMILES string of the molecule is CN=C(NC[C@H]1CCOC1)N[N+](=O)O. The molecule has 7 nitrogen and oxygen atoms in total. The fraction of sp³-hybridized carbons (Fsp3) is 0.857. The Morgan fingerprint density at radius 1 is 1.79 bits per heavy atom. The van der Waals surface area contributed by atoms with E-state index in [0.717, 1.165) is 19.6 Å². The van der Waals surface area contributed by atoms with Crippen molar-refractivity contribution >= 4 is 5.96 Å². The highest BCUT2D eigenvalue weighted by molar-refractivity contribution is 5.78. The van der Waals surface area contributed by atoms with Crippen LogP contribution in [0.3, 0.4) is 0 Å². The monoisotopic (exact) mass is 203 g/mol. The molecule has 1 aliphatic heterocycles. The summed E-state index contributed by atoms with van der Waals surface area (Å²) < 4.78 is 5.18. The molecule has 0 aliphatic carbocycles. The molecular formula is C7H15N4O3+. The molecule has 0 aromatic heterocycles. The van der Waals surface area contributed by atoms with E-state index in [4.69, 9.17) is 9.94 Å². The van der Waals surface area contributed by atoms with Gasteiger partial charge in [0.15, 0.2) is 0 Å². The Hall–Kier alpha value is -1.37. The van der Waals surface area contributed by atoms with Crippen LogP contribution in [0.5, 0.6) is 0 Å². The molecule has 0 spiro atoms. The standard InChI is InChI=1S/C7H15N4O3/c1-8-7(10-11(12)13)9-4-6-2-3-14-5-6/h6H,2-5H2,1H3,(H,12,13)(H2,8,9,10)/q+1/t6-/m1/s1. The third-order valence-electron chi connectivity index (χ3n) is 2.01. The molecule has 1 aliphatic rings. The van der Waals surface area contributed by atoms with E-state index < -0.39 is 0 Å². The van der Waals surface area contributed by atoms with Crippen molar-refractivity contribution in [2.24, 2.45) is 10.9 Å². The van der Waals surface area contributed by atoms with Crippen molar-refractivity contribution in [3.63, 3.8) is 0 Å². The van der Waals surface area contributed by atoms with Gasteiger partial charge in [0.2, 0.25) is 0 Å². The first kappa shape index (κ1) is 10.7. The predicted molar refractivity (Wildman–Crippen MR) is 48.8 cm³/mol.